The standard InChI is InChI=1S/C21H13ClFN3O2/c22-14-9-12(5-6-15(14)23)26-20(27)17-16(10-24)25-8-7-11-3-1-2-4-13(11)19(25)18(17)21(26)28/h1-9,16-19H/t16-,17+,18-,19+/m1/s1. The largest absolute Gasteiger partial charge is 0.353 e. The lowest BCUT2D eigenvalue weighted by Gasteiger charge is -2.33. The van der Waals surface area contributed by atoms with Crippen LogP contribution in [0.4, 0.5) is 10.1 Å². The smallest absolute Gasteiger partial charge is 0.240 e. The summed E-state index contributed by atoms with van der Waals surface area (Å²) in [6, 6.07) is 12.4. The summed E-state index contributed by atoms with van der Waals surface area (Å²) in [5.41, 5.74) is 2.10. The van der Waals surface area contributed by atoms with E-state index in [-0.39, 0.29) is 10.7 Å². The highest BCUT2D eigenvalue weighted by molar-refractivity contribution is 6.31. The van der Waals surface area contributed by atoms with Crippen molar-refractivity contribution in [2.75, 3.05) is 4.90 Å². The number of hydrogen-bond acceptors (Lipinski definition) is 4. The van der Waals surface area contributed by atoms with Crippen molar-refractivity contribution < 1.29 is 14.0 Å². The topological polar surface area (TPSA) is 64.4 Å². The van der Waals surface area contributed by atoms with Gasteiger partial charge in [0.1, 0.15) is 11.9 Å². The van der Waals surface area contributed by atoms with Crippen molar-refractivity contribution in [2.24, 2.45) is 11.8 Å². The lowest BCUT2D eigenvalue weighted by atomic mass is 9.85. The Morgan fingerprint density at radius 1 is 1.07 bits per heavy atom. The molecule has 0 N–H and O–H groups in total. The first-order valence-electron chi connectivity index (χ1n) is 8.80. The van der Waals surface area contributed by atoms with Crippen molar-refractivity contribution in [2.45, 2.75) is 12.1 Å². The predicted octanol–water partition coefficient (Wildman–Crippen LogP) is 3.52. The summed E-state index contributed by atoms with van der Waals surface area (Å²) in [6.45, 7) is 0. The number of nitriles is 1. The van der Waals surface area contributed by atoms with Gasteiger partial charge in [-0.2, -0.15) is 5.26 Å². The Hall–Kier alpha value is -3.17. The molecule has 0 aliphatic carbocycles. The number of fused-ring (bicyclic) bond motifs is 5. The lowest BCUT2D eigenvalue weighted by Crippen LogP contribution is -2.40. The molecule has 3 aliphatic rings. The van der Waals surface area contributed by atoms with E-state index in [0.29, 0.717) is 0 Å². The molecule has 2 amide bonds. The molecule has 2 saturated heterocycles. The van der Waals surface area contributed by atoms with Gasteiger partial charge in [-0.15, -0.1) is 0 Å². The van der Waals surface area contributed by atoms with Crippen molar-refractivity contribution in [3.63, 3.8) is 0 Å². The average Bonchev–Trinajstić information content (AvgIpc) is 3.17. The van der Waals surface area contributed by atoms with E-state index in [2.05, 4.69) is 6.07 Å². The number of amides is 2. The minimum atomic E-state index is -0.790. The molecule has 2 aromatic carbocycles. The van der Waals surface area contributed by atoms with Crippen molar-refractivity contribution in [1.82, 2.24) is 4.90 Å². The van der Waals surface area contributed by atoms with E-state index in [1.165, 1.54) is 12.1 Å². The Kier molecular flexibility index (Phi) is 3.58. The first-order chi connectivity index (χ1) is 13.5. The van der Waals surface area contributed by atoms with Gasteiger partial charge in [-0.25, -0.2) is 9.29 Å². The van der Waals surface area contributed by atoms with Gasteiger partial charge < -0.3 is 4.90 Å². The highest BCUT2D eigenvalue weighted by atomic mass is 35.5. The molecule has 0 aromatic heterocycles. The molecule has 2 aromatic rings. The maximum absolute atomic E-state index is 13.5. The van der Waals surface area contributed by atoms with Gasteiger partial charge in [-0.05, 0) is 35.4 Å². The summed E-state index contributed by atoms with van der Waals surface area (Å²) >= 11 is 5.85. The van der Waals surface area contributed by atoms with Crippen LogP contribution in [-0.4, -0.2) is 22.8 Å². The number of carbonyl (C=O) groups excluding carboxylic acids is 2. The van der Waals surface area contributed by atoms with Crippen molar-refractivity contribution in [3.05, 3.63) is 70.6 Å². The van der Waals surface area contributed by atoms with Crippen LogP contribution in [0.1, 0.15) is 17.2 Å². The Bertz CT molecular complexity index is 1110. The van der Waals surface area contributed by atoms with E-state index < -0.39 is 41.6 Å². The Balaban J connectivity index is 1.63. The van der Waals surface area contributed by atoms with E-state index >= 15 is 0 Å². The molecular weight excluding hydrogens is 381 g/mol. The number of rotatable bonds is 1. The molecule has 7 heteroatoms. The summed E-state index contributed by atoms with van der Waals surface area (Å²) in [5, 5.41) is 9.60. The predicted molar refractivity (Wildman–Crippen MR) is 100 cm³/mol. The third-order valence-corrected chi connectivity index (χ3v) is 6.04. The molecule has 0 radical (unpaired) electrons. The lowest BCUT2D eigenvalue weighted by molar-refractivity contribution is -0.123. The molecule has 5 nitrogen and oxygen atoms in total. The normalized spacial score (nSPS) is 27.5. The molecule has 138 valence electrons. The Morgan fingerprint density at radius 3 is 2.57 bits per heavy atom. The van der Waals surface area contributed by atoms with Crippen LogP contribution in [0.3, 0.4) is 0 Å². The number of anilines is 1. The van der Waals surface area contributed by atoms with Crippen molar-refractivity contribution >= 4 is 35.2 Å². The minimum absolute atomic E-state index is 0.167. The molecule has 28 heavy (non-hydrogen) atoms. The van der Waals surface area contributed by atoms with Crippen LogP contribution >= 0.6 is 11.6 Å². The molecule has 5 rings (SSSR count). The van der Waals surface area contributed by atoms with Crippen molar-refractivity contribution in [1.29, 1.82) is 5.26 Å². The molecule has 4 atom stereocenters. The second kappa shape index (κ2) is 5.91. The zero-order valence-corrected chi connectivity index (χ0v) is 15.2. The van der Waals surface area contributed by atoms with Crippen LogP contribution in [0.25, 0.3) is 6.08 Å². The van der Waals surface area contributed by atoms with Gasteiger partial charge in [0.05, 0.1) is 34.7 Å². The number of hydrogen-bond donors (Lipinski definition) is 0. The van der Waals surface area contributed by atoms with E-state index in [1.54, 1.807) is 6.20 Å². The fourth-order valence-corrected chi connectivity index (χ4v) is 4.76. The quantitative estimate of drug-likeness (QED) is 0.695. The van der Waals surface area contributed by atoms with E-state index in [9.17, 15) is 19.2 Å². The molecule has 0 bridgehead atoms. The molecule has 0 unspecified atom stereocenters. The van der Waals surface area contributed by atoms with E-state index in [1.807, 2.05) is 35.2 Å². The van der Waals surface area contributed by atoms with Crippen LogP contribution in [0, 0.1) is 29.0 Å². The van der Waals surface area contributed by atoms with E-state index in [4.69, 9.17) is 11.6 Å². The third-order valence-electron chi connectivity index (χ3n) is 5.76. The van der Waals surface area contributed by atoms with Gasteiger partial charge in [-0.3, -0.25) is 9.59 Å². The number of halogens is 2. The van der Waals surface area contributed by atoms with Crippen LogP contribution in [-0.2, 0) is 9.59 Å². The summed E-state index contributed by atoms with van der Waals surface area (Å²) in [5.74, 6) is -2.95. The van der Waals surface area contributed by atoms with Gasteiger partial charge in [0.2, 0.25) is 11.8 Å². The fourth-order valence-electron chi connectivity index (χ4n) is 4.58. The molecule has 2 fully saturated rings. The van der Waals surface area contributed by atoms with Gasteiger partial charge in [0, 0.05) is 6.20 Å². The maximum Gasteiger partial charge on any atom is 0.240 e. The zero-order valence-electron chi connectivity index (χ0n) is 14.4. The third kappa shape index (κ3) is 2.11. The van der Waals surface area contributed by atoms with Crippen LogP contribution in [0.2, 0.25) is 5.02 Å². The SMILES string of the molecule is N#C[C@@H]1[C@@H]2C(=O)N(c3ccc(F)c(Cl)c3)C(=O)[C@H]2[C@@H]2c3ccccc3C=CN12. The Labute approximate surface area is 165 Å². The average molecular weight is 394 g/mol. The van der Waals surface area contributed by atoms with Crippen LogP contribution in [0.15, 0.2) is 48.7 Å². The zero-order chi connectivity index (χ0) is 19.6. The second-order valence-electron chi connectivity index (χ2n) is 7.07. The number of benzene rings is 2. The van der Waals surface area contributed by atoms with Gasteiger partial charge in [0.15, 0.2) is 0 Å². The van der Waals surface area contributed by atoms with Gasteiger partial charge >= 0.3 is 0 Å². The molecule has 0 spiro atoms. The second-order valence-corrected chi connectivity index (χ2v) is 7.48. The maximum atomic E-state index is 13.5. The summed E-state index contributed by atoms with van der Waals surface area (Å²) in [7, 11) is 0. The summed E-state index contributed by atoms with van der Waals surface area (Å²) in [6.07, 6.45) is 3.68. The van der Waals surface area contributed by atoms with Gasteiger partial charge in [-0.1, -0.05) is 35.9 Å². The summed E-state index contributed by atoms with van der Waals surface area (Å²) in [4.78, 5) is 29.4. The first kappa shape index (κ1) is 17.0. The molecular formula is C21H13ClFN3O2. The van der Waals surface area contributed by atoms with Crippen molar-refractivity contribution in [3.8, 4) is 6.07 Å². The number of carbonyl (C=O) groups is 2. The number of imide groups is 1. The summed E-state index contributed by atoms with van der Waals surface area (Å²) < 4.78 is 13.5. The molecule has 3 heterocycles. The number of nitrogens with zero attached hydrogens (tertiary/aromatic N) is 3. The monoisotopic (exact) mass is 393 g/mol. The Morgan fingerprint density at radius 2 is 1.82 bits per heavy atom. The highest BCUT2D eigenvalue weighted by Crippen LogP contribution is 2.52. The molecule has 3 aliphatic heterocycles. The fraction of sp³-hybridized carbons (Fsp3) is 0.190. The molecule has 0 saturated carbocycles. The van der Waals surface area contributed by atoms with Gasteiger partial charge in [0.25, 0.3) is 0 Å². The van der Waals surface area contributed by atoms with Crippen LogP contribution in [0.5, 0.6) is 0 Å². The van der Waals surface area contributed by atoms with E-state index in [0.717, 1.165) is 22.1 Å². The first-order valence-corrected chi connectivity index (χ1v) is 9.18. The van der Waals surface area contributed by atoms with Crippen LogP contribution < -0.4 is 4.90 Å². The highest BCUT2D eigenvalue weighted by Gasteiger charge is 2.63. The minimum Gasteiger partial charge on any atom is -0.353 e.